The second-order valence-electron chi connectivity index (χ2n) is 8.73. The average Bonchev–Trinajstić information content (AvgIpc) is 3.59. The van der Waals surface area contributed by atoms with Crippen LogP contribution in [0.4, 0.5) is 23.2 Å². The van der Waals surface area contributed by atoms with Crippen molar-refractivity contribution < 1.29 is 26.9 Å². The molecule has 0 bridgehead atoms. The van der Waals surface area contributed by atoms with E-state index in [1.54, 1.807) is 29.0 Å². The number of alkyl halides is 4. The summed E-state index contributed by atoms with van der Waals surface area (Å²) in [6, 6.07) is 7.93. The predicted molar refractivity (Wildman–Crippen MR) is 131 cm³/mol. The van der Waals surface area contributed by atoms with E-state index in [0.29, 0.717) is 35.3 Å². The summed E-state index contributed by atoms with van der Waals surface area (Å²) >= 11 is 1.37. The zero-order valence-corrected chi connectivity index (χ0v) is 20.4. The van der Waals surface area contributed by atoms with Gasteiger partial charge in [-0.15, -0.1) is 0 Å². The molecule has 1 aliphatic rings. The van der Waals surface area contributed by atoms with E-state index in [1.807, 2.05) is 11.9 Å². The number of aromatic nitrogens is 3. The van der Waals surface area contributed by atoms with Crippen LogP contribution in [0.1, 0.15) is 22.7 Å². The Hall–Kier alpha value is -3.58. The second kappa shape index (κ2) is 10.1. The third-order valence-electron chi connectivity index (χ3n) is 5.99. The molecular formula is C24H22F4N6O2S. The van der Waals surface area contributed by atoms with E-state index in [-0.39, 0.29) is 41.9 Å². The van der Waals surface area contributed by atoms with Gasteiger partial charge in [0.25, 0.3) is 5.91 Å². The van der Waals surface area contributed by atoms with Crippen molar-refractivity contribution in [3.63, 3.8) is 0 Å². The summed E-state index contributed by atoms with van der Waals surface area (Å²) in [6.45, 7) is -0.526. The van der Waals surface area contributed by atoms with Gasteiger partial charge in [0.15, 0.2) is 6.17 Å². The van der Waals surface area contributed by atoms with Gasteiger partial charge < -0.3 is 19.3 Å². The molecular weight excluding hydrogens is 512 g/mol. The fourth-order valence-corrected chi connectivity index (χ4v) is 4.83. The number of fused-ring (bicyclic) bond motifs is 1. The number of nitrogens with zero attached hydrogens (tertiary/aromatic N) is 5. The number of benzene rings is 1. The van der Waals surface area contributed by atoms with Gasteiger partial charge in [0.05, 0.1) is 29.2 Å². The summed E-state index contributed by atoms with van der Waals surface area (Å²) in [7, 11) is 1.82. The molecule has 1 aliphatic heterocycles. The number of amides is 1. The first-order valence-corrected chi connectivity index (χ1v) is 12.3. The zero-order valence-electron chi connectivity index (χ0n) is 19.6. The maximum atomic E-state index is 14.6. The van der Waals surface area contributed by atoms with Crippen LogP contribution >= 0.6 is 11.3 Å². The van der Waals surface area contributed by atoms with Crippen LogP contribution in [0.25, 0.3) is 22.4 Å². The molecule has 5 rings (SSSR count). The number of thiophene rings is 1. The van der Waals surface area contributed by atoms with Crippen molar-refractivity contribution in [3.05, 3.63) is 52.5 Å². The van der Waals surface area contributed by atoms with E-state index >= 15 is 0 Å². The fraction of sp³-hybridized carbons (Fsp3) is 0.333. The molecule has 3 aromatic heterocycles. The second-order valence-corrected chi connectivity index (χ2v) is 9.51. The van der Waals surface area contributed by atoms with E-state index in [2.05, 4.69) is 20.4 Å². The molecule has 4 heterocycles. The van der Waals surface area contributed by atoms with Gasteiger partial charge in [0.2, 0.25) is 11.7 Å². The first-order valence-electron chi connectivity index (χ1n) is 11.4. The highest BCUT2D eigenvalue weighted by Crippen LogP contribution is 2.35. The topological polar surface area (TPSA) is 88.6 Å². The monoisotopic (exact) mass is 534 g/mol. The molecule has 1 N–H and O–H groups in total. The predicted octanol–water partition coefficient (Wildman–Crippen LogP) is 4.99. The lowest BCUT2D eigenvalue weighted by atomic mass is 10.1. The molecule has 0 saturated carbocycles. The van der Waals surface area contributed by atoms with Crippen molar-refractivity contribution in [1.29, 1.82) is 0 Å². The number of carbonyl (C=O) groups excluding carboxylic acids is 1. The Kier molecular flexibility index (Phi) is 6.82. The highest BCUT2D eigenvalue weighted by Gasteiger charge is 2.31. The van der Waals surface area contributed by atoms with Gasteiger partial charge in [-0.1, -0.05) is 11.2 Å². The van der Waals surface area contributed by atoms with Crippen LogP contribution in [0.2, 0.25) is 0 Å². The number of rotatable bonds is 6. The fourth-order valence-electron chi connectivity index (χ4n) is 4.20. The van der Waals surface area contributed by atoms with E-state index in [9.17, 15) is 22.4 Å². The number of carbonyl (C=O) groups is 1. The Balaban J connectivity index is 1.49. The molecule has 1 amide bonds. The molecule has 0 unspecified atom stereocenters. The van der Waals surface area contributed by atoms with Gasteiger partial charge in [-0.2, -0.15) is 29.5 Å². The zero-order chi connectivity index (χ0) is 26.2. The quantitative estimate of drug-likeness (QED) is 0.352. The van der Waals surface area contributed by atoms with Crippen LogP contribution < -0.4 is 5.32 Å². The van der Waals surface area contributed by atoms with Crippen LogP contribution in [0.5, 0.6) is 0 Å². The summed E-state index contributed by atoms with van der Waals surface area (Å²) in [5.74, 6) is -0.369. The van der Waals surface area contributed by atoms with Gasteiger partial charge in [-0.05, 0) is 36.7 Å². The summed E-state index contributed by atoms with van der Waals surface area (Å²) in [5.41, 5.74) is 1.53. The number of piperidine rings is 1. The number of aliphatic imine (C=N–C) groups is 1. The van der Waals surface area contributed by atoms with Crippen molar-refractivity contribution in [3.8, 4) is 11.5 Å². The lowest BCUT2D eigenvalue weighted by molar-refractivity contribution is -0.139. The third-order valence-corrected chi connectivity index (χ3v) is 6.67. The molecule has 1 atom stereocenters. The maximum absolute atomic E-state index is 14.6. The Morgan fingerprint density at radius 1 is 1.32 bits per heavy atom. The molecule has 37 heavy (non-hydrogen) atoms. The van der Waals surface area contributed by atoms with Crippen LogP contribution in [0, 0.1) is 0 Å². The molecule has 13 heteroatoms. The maximum Gasteiger partial charge on any atom is 0.406 e. The molecule has 1 fully saturated rings. The van der Waals surface area contributed by atoms with E-state index in [1.165, 1.54) is 23.5 Å². The highest BCUT2D eigenvalue weighted by atomic mass is 32.1. The largest absolute Gasteiger partial charge is 0.406 e. The molecule has 4 aromatic rings. The highest BCUT2D eigenvalue weighted by molar-refractivity contribution is 7.08. The van der Waals surface area contributed by atoms with Crippen LogP contribution in [0.3, 0.4) is 0 Å². The minimum absolute atomic E-state index is 0.0365. The first kappa shape index (κ1) is 25.1. The Bertz CT molecular complexity index is 1440. The number of nitrogens with one attached hydrogen (secondary N) is 1. The smallest absolute Gasteiger partial charge is 0.343 e. The van der Waals surface area contributed by atoms with Crippen LogP contribution in [-0.2, 0) is 13.1 Å². The summed E-state index contributed by atoms with van der Waals surface area (Å²) in [4.78, 5) is 22.7. The minimum atomic E-state index is -4.53. The summed E-state index contributed by atoms with van der Waals surface area (Å²) in [5, 5.41) is 10.3. The van der Waals surface area contributed by atoms with Crippen molar-refractivity contribution in [2.45, 2.75) is 31.9 Å². The molecule has 0 aliphatic carbocycles. The van der Waals surface area contributed by atoms with Crippen molar-refractivity contribution >= 4 is 39.5 Å². The Morgan fingerprint density at radius 2 is 2.16 bits per heavy atom. The molecule has 0 spiro atoms. The summed E-state index contributed by atoms with van der Waals surface area (Å²) < 4.78 is 61.4. The lowest BCUT2D eigenvalue weighted by Gasteiger charge is -2.26. The molecule has 194 valence electrons. The Labute approximate surface area is 212 Å². The third kappa shape index (κ3) is 5.57. The van der Waals surface area contributed by atoms with Gasteiger partial charge in [-0.3, -0.25) is 9.79 Å². The van der Waals surface area contributed by atoms with Gasteiger partial charge in [0.1, 0.15) is 6.54 Å². The van der Waals surface area contributed by atoms with Gasteiger partial charge >= 0.3 is 6.18 Å². The normalized spacial score (nSPS) is 18.1. The molecule has 1 aromatic carbocycles. The summed E-state index contributed by atoms with van der Waals surface area (Å²) in [6.07, 6.45) is -5.35. The van der Waals surface area contributed by atoms with Gasteiger partial charge in [0, 0.05) is 35.8 Å². The SMILES string of the molecule is CN1CCC(=Nc2cccc3c2cc(-c2noc(CNC(=O)c4ccsc4)n2)n3CC(F)(F)F)[C@@H](F)C1. The van der Waals surface area contributed by atoms with Crippen molar-refractivity contribution in [2.75, 3.05) is 20.1 Å². The van der Waals surface area contributed by atoms with Crippen molar-refractivity contribution in [2.24, 2.45) is 4.99 Å². The van der Waals surface area contributed by atoms with E-state index in [4.69, 9.17) is 4.52 Å². The minimum Gasteiger partial charge on any atom is -0.343 e. The van der Waals surface area contributed by atoms with E-state index in [0.717, 1.165) is 4.57 Å². The van der Waals surface area contributed by atoms with Crippen LogP contribution in [-0.4, -0.2) is 63.7 Å². The van der Waals surface area contributed by atoms with Crippen molar-refractivity contribution in [1.82, 2.24) is 24.9 Å². The molecule has 0 radical (unpaired) electrons. The average molecular weight is 535 g/mol. The molecule has 1 saturated heterocycles. The number of likely N-dealkylation sites (tertiary alicyclic amines) is 1. The Morgan fingerprint density at radius 3 is 2.89 bits per heavy atom. The molecule has 8 nitrogen and oxygen atoms in total. The van der Waals surface area contributed by atoms with E-state index < -0.39 is 18.9 Å². The lowest BCUT2D eigenvalue weighted by Crippen LogP contribution is -2.39. The number of halogens is 4. The van der Waals surface area contributed by atoms with Gasteiger partial charge in [-0.25, -0.2) is 4.39 Å². The van der Waals surface area contributed by atoms with Crippen LogP contribution in [0.15, 0.2) is 50.6 Å². The standard InChI is InChI=1S/C24H22F4N6O2S/c1-33-7-5-18(16(25)11-33)30-17-3-2-4-19-15(17)9-20(34(19)13-24(26,27)28)22-31-21(36-32-22)10-29-23(35)14-6-8-37-12-14/h2-4,6,8-9,12,16H,5,7,10-11,13H2,1H3,(H,29,35)/t16-/m0/s1. The number of hydrogen-bond acceptors (Lipinski definition) is 7. The number of hydrogen-bond donors (Lipinski definition) is 1. The first-order chi connectivity index (χ1) is 17.7.